The number of nitrogens with one attached hydrogen (secondary N) is 2. The maximum absolute atomic E-state index is 11.5. The molecule has 0 bridgehead atoms. The highest BCUT2D eigenvalue weighted by Crippen LogP contribution is 2.00. The smallest absolute Gasteiger partial charge is 0.315 e. The van der Waals surface area contributed by atoms with Crippen molar-refractivity contribution >= 4 is 6.03 Å². The maximum atomic E-state index is 11.5. The van der Waals surface area contributed by atoms with Crippen molar-refractivity contribution in [2.45, 2.75) is 59.2 Å². The molecule has 0 aromatic rings. The number of urea groups is 1. The molecular weight excluding hydrogens is 230 g/mol. The lowest BCUT2D eigenvalue weighted by Gasteiger charge is -2.28. The van der Waals surface area contributed by atoms with E-state index in [1.165, 1.54) is 0 Å². The summed E-state index contributed by atoms with van der Waals surface area (Å²) in [7, 11) is 0. The standard InChI is InChI=1S/C13H29N3O2/c1-10(2)16(9-11(3)17)8-7-14-12(18)15-13(4,5)6/h10-11,17H,7-9H2,1-6H3,(H2,14,15,18). The zero-order valence-corrected chi connectivity index (χ0v) is 12.6. The van der Waals surface area contributed by atoms with E-state index in [0.29, 0.717) is 19.1 Å². The summed E-state index contributed by atoms with van der Waals surface area (Å²) >= 11 is 0. The molecule has 0 aliphatic carbocycles. The molecule has 0 saturated carbocycles. The summed E-state index contributed by atoms with van der Waals surface area (Å²) in [4.78, 5) is 13.7. The fourth-order valence-corrected chi connectivity index (χ4v) is 1.60. The molecule has 1 unspecified atom stereocenters. The Bertz CT molecular complexity index is 247. The molecule has 2 amide bonds. The Morgan fingerprint density at radius 1 is 1.28 bits per heavy atom. The fraction of sp³-hybridized carbons (Fsp3) is 0.923. The molecule has 0 saturated heterocycles. The molecule has 5 nitrogen and oxygen atoms in total. The van der Waals surface area contributed by atoms with Gasteiger partial charge in [0, 0.05) is 31.2 Å². The van der Waals surface area contributed by atoms with Crippen LogP contribution in [0.25, 0.3) is 0 Å². The second-order valence-electron chi connectivity index (χ2n) is 6.07. The molecule has 5 heteroatoms. The van der Waals surface area contributed by atoms with E-state index in [9.17, 15) is 9.90 Å². The van der Waals surface area contributed by atoms with Crippen molar-refractivity contribution in [3.05, 3.63) is 0 Å². The summed E-state index contributed by atoms with van der Waals surface area (Å²) in [5.74, 6) is 0. The molecule has 0 aromatic carbocycles. The van der Waals surface area contributed by atoms with Crippen LogP contribution in [0.1, 0.15) is 41.5 Å². The summed E-state index contributed by atoms with van der Waals surface area (Å²) < 4.78 is 0. The quantitative estimate of drug-likeness (QED) is 0.671. The Balaban J connectivity index is 3.96. The highest BCUT2D eigenvalue weighted by atomic mass is 16.3. The predicted octanol–water partition coefficient (Wildman–Crippen LogP) is 1.18. The van der Waals surface area contributed by atoms with Crippen molar-refractivity contribution in [1.29, 1.82) is 0 Å². The van der Waals surface area contributed by atoms with Crippen LogP contribution in [0.4, 0.5) is 4.79 Å². The summed E-state index contributed by atoms with van der Waals surface area (Å²) in [6, 6.07) is 0.204. The van der Waals surface area contributed by atoms with Crippen molar-refractivity contribution < 1.29 is 9.90 Å². The van der Waals surface area contributed by atoms with E-state index in [4.69, 9.17) is 0 Å². The normalized spacial score (nSPS) is 13.8. The van der Waals surface area contributed by atoms with Crippen LogP contribution in [0.2, 0.25) is 0 Å². The molecule has 0 aliphatic rings. The monoisotopic (exact) mass is 259 g/mol. The second kappa shape index (κ2) is 7.59. The van der Waals surface area contributed by atoms with Crippen LogP contribution < -0.4 is 10.6 Å². The lowest BCUT2D eigenvalue weighted by molar-refractivity contribution is 0.108. The number of rotatable bonds is 6. The predicted molar refractivity (Wildman–Crippen MR) is 74.7 cm³/mol. The third kappa shape index (κ3) is 9.24. The van der Waals surface area contributed by atoms with Gasteiger partial charge in [-0.05, 0) is 41.5 Å². The average molecular weight is 259 g/mol. The van der Waals surface area contributed by atoms with Crippen LogP contribution in [0.5, 0.6) is 0 Å². The lowest BCUT2D eigenvalue weighted by atomic mass is 10.1. The maximum Gasteiger partial charge on any atom is 0.315 e. The third-order valence-corrected chi connectivity index (χ3v) is 2.40. The van der Waals surface area contributed by atoms with Gasteiger partial charge in [-0.3, -0.25) is 4.90 Å². The first kappa shape index (κ1) is 17.2. The Morgan fingerprint density at radius 3 is 2.22 bits per heavy atom. The first-order chi connectivity index (χ1) is 8.11. The molecule has 0 fully saturated rings. The van der Waals surface area contributed by atoms with Gasteiger partial charge in [-0.2, -0.15) is 0 Å². The van der Waals surface area contributed by atoms with Crippen molar-refractivity contribution in [3.8, 4) is 0 Å². The lowest BCUT2D eigenvalue weighted by Crippen LogP contribution is -2.49. The van der Waals surface area contributed by atoms with Crippen molar-refractivity contribution in [2.24, 2.45) is 0 Å². The minimum Gasteiger partial charge on any atom is -0.392 e. The first-order valence-electron chi connectivity index (χ1n) is 6.60. The van der Waals surface area contributed by atoms with Gasteiger partial charge >= 0.3 is 6.03 Å². The first-order valence-corrected chi connectivity index (χ1v) is 6.60. The minimum atomic E-state index is -0.351. The van der Waals surface area contributed by atoms with Gasteiger partial charge < -0.3 is 15.7 Å². The van der Waals surface area contributed by atoms with E-state index in [1.54, 1.807) is 6.92 Å². The molecule has 0 rings (SSSR count). The number of carbonyl (C=O) groups is 1. The molecule has 0 heterocycles. The van der Waals surface area contributed by atoms with Crippen LogP contribution in [-0.4, -0.2) is 53.4 Å². The van der Waals surface area contributed by atoms with Gasteiger partial charge in [-0.25, -0.2) is 4.79 Å². The van der Waals surface area contributed by atoms with E-state index >= 15 is 0 Å². The summed E-state index contributed by atoms with van der Waals surface area (Å²) in [5.41, 5.74) is -0.221. The third-order valence-electron chi connectivity index (χ3n) is 2.40. The zero-order chi connectivity index (χ0) is 14.3. The summed E-state index contributed by atoms with van der Waals surface area (Å²) in [6.07, 6.45) is -0.351. The summed E-state index contributed by atoms with van der Waals surface area (Å²) in [5, 5.41) is 15.1. The van der Waals surface area contributed by atoms with Crippen molar-refractivity contribution in [2.75, 3.05) is 19.6 Å². The van der Waals surface area contributed by atoms with Gasteiger partial charge in [-0.15, -0.1) is 0 Å². The largest absolute Gasteiger partial charge is 0.392 e. The molecule has 0 aliphatic heterocycles. The number of amides is 2. The topological polar surface area (TPSA) is 64.6 Å². The number of carbonyl (C=O) groups excluding carboxylic acids is 1. The summed E-state index contributed by atoms with van der Waals surface area (Å²) in [6.45, 7) is 13.7. The molecule has 108 valence electrons. The number of nitrogens with zero attached hydrogens (tertiary/aromatic N) is 1. The van der Waals surface area contributed by atoms with Gasteiger partial charge in [0.1, 0.15) is 0 Å². The number of aliphatic hydroxyl groups excluding tert-OH is 1. The van der Waals surface area contributed by atoms with Crippen LogP contribution in [0.15, 0.2) is 0 Å². The number of hydrogen-bond donors (Lipinski definition) is 3. The molecule has 1 atom stereocenters. The molecule has 0 aromatic heterocycles. The van der Waals surface area contributed by atoms with E-state index in [-0.39, 0.29) is 17.7 Å². The molecule has 3 N–H and O–H groups in total. The van der Waals surface area contributed by atoms with E-state index in [2.05, 4.69) is 29.4 Å². The van der Waals surface area contributed by atoms with E-state index in [1.807, 2.05) is 20.8 Å². The van der Waals surface area contributed by atoms with Gasteiger partial charge in [-0.1, -0.05) is 0 Å². The highest BCUT2D eigenvalue weighted by molar-refractivity contribution is 5.74. The second-order valence-corrected chi connectivity index (χ2v) is 6.07. The van der Waals surface area contributed by atoms with Gasteiger partial charge in [0.15, 0.2) is 0 Å². The van der Waals surface area contributed by atoms with Crippen LogP contribution in [0.3, 0.4) is 0 Å². The number of aliphatic hydroxyl groups is 1. The molecule has 0 radical (unpaired) electrons. The fourth-order valence-electron chi connectivity index (χ4n) is 1.60. The van der Waals surface area contributed by atoms with Gasteiger partial charge in [0.2, 0.25) is 0 Å². The van der Waals surface area contributed by atoms with E-state index in [0.717, 1.165) is 6.54 Å². The Hall–Kier alpha value is -0.810. The molecular formula is C13H29N3O2. The van der Waals surface area contributed by atoms with Gasteiger partial charge in [0.05, 0.1) is 6.10 Å². The van der Waals surface area contributed by atoms with Crippen molar-refractivity contribution in [3.63, 3.8) is 0 Å². The zero-order valence-electron chi connectivity index (χ0n) is 12.6. The number of hydrogen-bond acceptors (Lipinski definition) is 3. The Labute approximate surface area is 111 Å². The minimum absolute atomic E-state index is 0.150. The van der Waals surface area contributed by atoms with Crippen LogP contribution in [0, 0.1) is 0 Å². The van der Waals surface area contributed by atoms with Crippen LogP contribution >= 0.6 is 0 Å². The Morgan fingerprint density at radius 2 is 1.83 bits per heavy atom. The van der Waals surface area contributed by atoms with Gasteiger partial charge in [0.25, 0.3) is 0 Å². The average Bonchev–Trinajstić information content (AvgIpc) is 2.12. The molecule has 18 heavy (non-hydrogen) atoms. The van der Waals surface area contributed by atoms with E-state index < -0.39 is 0 Å². The molecule has 0 spiro atoms. The van der Waals surface area contributed by atoms with Crippen LogP contribution in [-0.2, 0) is 0 Å². The van der Waals surface area contributed by atoms with Crippen molar-refractivity contribution in [1.82, 2.24) is 15.5 Å². The SMILES string of the molecule is CC(O)CN(CCNC(=O)NC(C)(C)C)C(C)C. The Kier molecular flexibility index (Phi) is 7.25. The highest BCUT2D eigenvalue weighted by Gasteiger charge is 2.15.